The van der Waals surface area contributed by atoms with Crippen molar-refractivity contribution in [2.24, 2.45) is 0 Å². The molecule has 2 amide bonds. The number of hydrogen-bond acceptors (Lipinski definition) is 4. The van der Waals surface area contributed by atoms with Crippen LogP contribution in [0.3, 0.4) is 0 Å². The van der Waals surface area contributed by atoms with Gasteiger partial charge in [-0.2, -0.15) is 23.4 Å². The van der Waals surface area contributed by atoms with Crippen molar-refractivity contribution in [2.75, 3.05) is 10.6 Å². The van der Waals surface area contributed by atoms with E-state index in [2.05, 4.69) is 20.8 Å². The largest absolute Gasteiger partial charge is 0.435 e. The third-order valence-corrected chi connectivity index (χ3v) is 4.22. The molecule has 0 spiro atoms. The molecule has 158 valence electrons. The van der Waals surface area contributed by atoms with E-state index in [4.69, 9.17) is 0 Å². The molecule has 2 heterocycles. The first-order chi connectivity index (χ1) is 14.2. The summed E-state index contributed by atoms with van der Waals surface area (Å²) in [4.78, 5) is 24.6. The topological polar surface area (TPSA) is 93.8 Å². The van der Waals surface area contributed by atoms with Gasteiger partial charge in [-0.05, 0) is 44.2 Å². The molecule has 0 saturated heterocycles. The smallest absolute Gasteiger partial charge is 0.324 e. The van der Waals surface area contributed by atoms with Crippen molar-refractivity contribution in [3.05, 3.63) is 59.7 Å². The molecule has 0 aliphatic carbocycles. The van der Waals surface area contributed by atoms with E-state index in [1.54, 1.807) is 35.0 Å². The maximum atomic E-state index is 12.7. The fraction of sp³-hybridized carbons (Fsp3) is 0.263. The minimum atomic E-state index is -4.58. The highest BCUT2D eigenvalue weighted by atomic mass is 19.4. The quantitative estimate of drug-likeness (QED) is 0.640. The van der Waals surface area contributed by atoms with E-state index < -0.39 is 17.8 Å². The average Bonchev–Trinajstić information content (AvgIpc) is 3.28. The second-order valence-corrected chi connectivity index (χ2v) is 6.44. The molecule has 0 aliphatic heterocycles. The number of benzene rings is 1. The normalized spacial score (nSPS) is 11.4. The van der Waals surface area contributed by atoms with Crippen molar-refractivity contribution in [2.45, 2.75) is 33.1 Å². The summed E-state index contributed by atoms with van der Waals surface area (Å²) >= 11 is 0. The lowest BCUT2D eigenvalue weighted by molar-refractivity contribution is -0.141. The minimum absolute atomic E-state index is 0.214. The van der Waals surface area contributed by atoms with Gasteiger partial charge in [0.2, 0.25) is 5.91 Å². The Bertz CT molecular complexity index is 1070. The number of amides is 2. The maximum absolute atomic E-state index is 12.7. The Kier molecular flexibility index (Phi) is 5.90. The van der Waals surface area contributed by atoms with Crippen LogP contribution in [0.1, 0.15) is 28.8 Å². The van der Waals surface area contributed by atoms with Crippen LogP contribution in [0.5, 0.6) is 0 Å². The van der Waals surface area contributed by atoms with E-state index in [9.17, 15) is 22.8 Å². The van der Waals surface area contributed by atoms with E-state index in [0.29, 0.717) is 23.6 Å². The van der Waals surface area contributed by atoms with Crippen molar-refractivity contribution in [1.82, 2.24) is 19.6 Å². The molecule has 0 atom stereocenters. The van der Waals surface area contributed by atoms with Gasteiger partial charge in [-0.1, -0.05) is 6.07 Å². The molecule has 1 aromatic carbocycles. The van der Waals surface area contributed by atoms with Gasteiger partial charge in [-0.15, -0.1) is 0 Å². The zero-order valence-corrected chi connectivity index (χ0v) is 16.2. The van der Waals surface area contributed by atoms with Crippen molar-refractivity contribution in [3.8, 4) is 0 Å². The standard InChI is InChI=1S/C19H19F3N6O2/c1-3-27-15(7-8-23-27)18(30)25-14-6-4-5-13(10-14)24-17(29)11-28-12(2)9-16(26-28)19(20,21)22/h4-10H,3,11H2,1-2H3,(H,24,29)(H,25,30). The number of carbonyl (C=O) groups excluding carboxylic acids is 2. The summed E-state index contributed by atoms with van der Waals surface area (Å²) in [6.07, 6.45) is -3.05. The van der Waals surface area contributed by atoms with Crippen molar-refractivity contribution in [3.63, 3.8) is 0 Å². The van der Waals surface area contributed by atoms with Gasteiger partial charge in [0.15, 0.2) is 5.69 Å². The summed E-state index contributed by atoms with van der Waals surface area (Å²) < 4.78 is 40.8. The summed E-state index contributed by atoms with van der Waals surface area (Å²) in [6.45, 7) is 3.45. The van der Waals surface area contributed by atoms with Crippen LogP contribution >= 0.6 is 0 Å². The Hall–Kier alpha value is -3.63. The van der Waals surface area contributed by atoms with Crippen LogP contribution in [0.15, 0.2) is 42.6 Å². The maximum Gasteiger partial charge on any atom is 0.435 e. The van der Waals surface area contributed by atoms with Gasteiger partial charge in [-0.25, -0.2) is 0 Å². The number of halogens is 3. The van der Waals surface area contributed by atoms with E-state index in [0.717, 1.165) is 10.7 Å². The Morgan fingerprint density at radius 1 is 1.07 bits per heavy atom. The van der Waals surface area contributed by atoms with Crippen LogP contribution in [-0.4, -0.2) is 31.4 Å². The lowest BCUT2D eigenvalue weighted by Gasteiger charge is -2.10. The first kappa shape index (κ1) is 21.1. The number of aromatic nitrogens is 4. The zero-order chi connectivity index (χ0) is 21.9. The molecule has 8 nitrogen and oxygen atoms in total. The van der Waals surface area contributed by atoms with Gasteiger partial charge in [0, 0.05) is 29.8 Å². The molecule has 0 saturated carbocycles. The first-order valence-electron chi connectivity index (χ1n) is 9.02. The van der Waals surface area contributed by atoms with E-state index in [1.807, 2.05) is 6.92 Å². The third kappa shape index (κ3) is 4.85. The zero-order valence-electron chi connectivity index (χ0n) is 16.2. The van der Waals surface area contributed by atoms with Crippen LogP contribution in [-0.2, 0) is 24.1 Å². The SMILES string of the molecule is CCn1nccc1C(=O)Nc1cccc(NC(=O)Cn2nc(C(F)(F)F)cc2C)c1. The van der Waals surface area contributed by atoms with Gasteiger partial charge < -0.3 is 10.6 Å². The van der Waals surface area contributed by atoms with Crippen molar-refractivity contribution >= 4 is 23.2 Å². The van der Waals surface area contributed by atoms with Crippen LogP contribution in [0.4, 0.5) is 24.5 Å². The number of carbonyl (C=O) groups is 2. The molecule has 30 heavy (non-hydrogen) atoms. The highest BCUT2D eigenvalue weighted by molar-refractivity contribution is 6.03. The number of hydrogen-bond donors (Lipinski definition) is 2. The predicted molar refractivity (Wildman–Crippen MR) is 103 cm³/mol. The molecule has 0 aliphatic rings. The lowest BCUT2D eigenvalue weighted by atomic mass is 10.2. The number of nitrogens with one attached hydrogen (secondary N) is 2. The molecule has 0 unspecified atom stereocenters. The minimum Gasteiger partial charge on any atom is -0.324 e. The number of rotatable bonds is 6. The molecule has 2 N–H and O–H groups in total. The van der Waals surface area contributed by atoms with E-state index in [-0.39, 0.29) is 18.1 Å². The van der Waals surface area contributed by atoms with E-state index >= 15 is 0 Å². The first-order valence-corrected chi connectivity index (χ1v) is 9.02. The molecule has 0 bridgehead atoms. The van der Waals surface area contributed by atoms with E-state index in [1.165, 1.54) is 13.1 Å². The Morgan fingerprint density at radius 2 is 1.77 bits per heavy atom. The number of alkyl halides is 3. The van der Waals surface area contributed by atoms with Gasteiger partial charge in [0.25, 0.3) is 5.91 Å². The molecule has 3 aromatic rings. The summed E-state index contributed by atoms with van der Waals surface area (Å²) in [6, 6.07) is 8.88. The van der Waals surface area contributed by atoms with Crippen LogP contribution in [0, 0.1) is 6.92 Å². The number of anilines is 2. The molecule has 0 fully saturated rings. The molecule has 0 radical (unpaired) electrons. The average molecular weight is 420 g/mol. The molecule has 3 rings (SSSR count). The second kappa shape index (κ2) is 8.39. The van der Waals surface area contributed by atoms with Crippen LogP contribution in [0.25, 0.3) is 0 Å². The molecule has 2 aromatic heterocycles. The van der Waals surface area contributed by atoms with Crippen molar-refractivity contribution in [1.29, 1.82) is 0 Å². The summed E-state index contributed by atoms with van der Waals surface area (Å²) in [5, 5.41) is 12.8. The van der Waals surface area contributed by atoms with Crippen LogP contribution in [0.2, 0.25) is 0 Å². The highest BCUT2D eigenvalue weighted by Gasteiger charge is 2.34. The lowest BCUT2D eigenvalue weighted by Crippen LogP contribution is -2.21. The Morgan fingerprint density at radius 3 is 2.40 bits per heavy atom. The van der Waals surface area contributed by atoms with Gasteiger partial charge in [0.1, 0.15) is 12.2 Å². The van der Waals surface area contributed by atoms with Crippen LogP contribution < -0.4 is 10.6 Å². The third-order valence-electron chi connectivity index (χ3n) is 4.22. The number of aryl methyl sites for hydroxylation is 2. The van der Waals surface area contributed by atoms with Gasteiger partial charge in [0.05, 0.1) is 0 Å². The number of nitrogens with zero attached hydrogens (tertiary/aromatic N) is 4. The predicted octanol–water partition coefficient (Wildman–Crippen LogP) is 3.32. The monoisotopic (exact) mass is 420 g/mol. The molecular formula is C19H19F3N6O2. The Balaban J connectivity index is 1.66. The summed E-state index contributed by atoms with van der Waals surface area (Å²) in [5.41, 5.74) is 0.371. The highest BCUT2D eigenvalue weighted by Crippen LogP contribution is 2.28. The van der Waals surface area contributed by atoms with Crippen molar-refractivity contribution < 1.29 is 22.8 Å². The second-order valence-electron chi connectivity index (χ2n) is 6.44. The molecular weight excluding hydrogens is 401 g/mol. The fourth-order valence-corrected chi connectivity index (χ4v) is 2.79. The summed E-state index contributed by atoms with van der Waals surface area (Å²) in [5.74, 6) is -0.910. The summed E-state index contributed by atoms with van der Waals surface area (Å²) in [7, 11) is 0. The molecule has 11 heteroatoms. The Labute approximate surface area is 169 Å². The van der Waals surface area contributed by atoms with Gasteiger partial charge >= 0.3 is 6.18 Å². The van der Waals surface area contributed by atoms with Gasteiger partial charge in [-0.3, -0.25) is 19.0 Å². The fourth-order valence-electron chi connectivity index (χ4n) is 2.79.